The Kier molecular flexibility index (Phi) is 4.41. The fourth-order valence-corrected chi connectivity index (χ4v) is 5.07. The largest absolute Gasteiger partial charge is 0.384 e. The molecule has 6 rings (SSSR count). The van der Waals surface area contributed by atoms with Gasteiger partial charge in [-0.3, -0.25) is 4.79 Å². The van der Waals surface area contributed by atoms with Gasteiger partial charge < -0.3 is 21.4 Å². The van der Waals surface area contributed by atoms with Gasteiger partial charge in [0.25, 0.3) is 0 Å². The summed E-state index contributed by atoms with van der Waals surface area (Å²) in [4.78, 5) is 20.6. The van der Waals surface area contributed by atoms with E-state index >= 15 is 0 Å². The highest BCUT2D eigenvalue weighted by Crippen LogP contribution is 2.40. The highest BCUT2D eigenvalue weighted by molar-refractivity contribution is 9.10. The number of aromatic amines is 1. The molecular formula is C25H20BrN5O. The van der Waals surface area contributed by atoms with E-state index in [4.69, 9.17) is 10.7 Å². The van der Waals surface area contributed by atoms with E-state index < -0.39 is 0 Å². The van der Waals surface area contributed by atoms with Gasteiger partial charge in [0.05, 0.1) is 23.5 Å². The maximum atomic E-state index is 11.8. The summed E-state index contributed by atoms with van der Waals surface area (Å²) in [6.45, 7) is 0.737. The normalized spacial score (nSPS) is 15.2. The zero-order valence-corrected chi connectivity index (χ0v) is 18.7. The van der Waals surface area contributed by atoms with Crippen molar-refractivity contribution < 1.29 is 4.79 Å². The molecule has 0 saturated carbocycles. The number of rotatable bonds is 3. The molecule has 1 atom stereocenters. The fourth-order valence-electron chi connectivity index (χ4n) is 4.70. The first-order valence-electron chi connectivity index (χ1n) is 10.5. The number of carbonyl (C=O) groups excluding carboxylic acids is 1. The molecule has 0 spiro atoms. The van der Waals surface area contributed by atoms with E-state index in [9.17, 15) is 4.79 Å². The van der Waals surface area contributed by atoms with Crippen molar-refractivity contribution in [1.82, 2.24) is 9.97 Å². The molecule has 4 aromatic carbocycles. The molecule has 5 N–H and O–H groups in total. The fraction of sp³-hybridized carbons (Fsp3) is 0.120. The van der Waals surface area contributed by atoms with Gasteiger partial charge in [0.2, 0.25) is 5.91 Å². The van der Waals surface area contributed by atoms with Gasteiger partial charge in [-0.15, -0.1) is 0 Å². The van der Waals surface area contributed by atoms with Crippen LogP contribution in [-0.4, -0.2) is 29.0 Å². The van der Waals surface area contributed by atoms with Gasteiger partial charge in [-0.1, -0.05) is 46.3 Å². The Labute approximate surface area is 192 Å². The summed E-state index contributed by atoms with van der Waals surface area (Å²) in [5.41, 5.74) is 10.5. The van der Waals surface area contributed by atoms with Crippen LogP contribution in [0.5, 0.6) is 0 Å². The van der Waals surface area contributed by atoms with Crippen LogP contribution in [0.3, 0.4) is 0 Å². The van der Waals surface area contributed by atoms with Crippen molar-refractivity contribution in [3.8, 4) is 0 Å². The van der Waals surface area contributed by atoms with Crippen molar-refractivity contribution in [3.63, 3.8) is 0 Å². The first kappa shape index (κ1) is 19.3. The number of amides is 1. The van der Waals surface area contributed by atoms with Crippen LogP contribution in [0.15, 0.2) is 65.1 Å². The quantitative estimate of drug-likeness (QED) is 0.267. The average molecular weight is 486 g/mol. The van der Waals surface area contributed by atoms with Crippen LogP contribution in [-0.2, 0) is 4.79 Å². The third kappa shape index (κ3) is 2.97. The zero-order valence-electron chi connectivity index (χ0n) is 17.1. The van der Waals surface area contributed by atoms with Crippen molar-refractivity contribution in [2.45, 2.75) is 5.92 Å². The summed E-state index contributed by atoms with van der Waals surface area (Å²) in [5, 5.41) is 10.7. The van der Waals surface area contributed by atoms with Crippen LogP contribution in [0.2, 0.25) is 0 Å². The molecule has 1 amide bonds. The smallest absolute Gasteiger partial charge is 0.238 e. The molecule has 6 nitrogen and oxygen atoms in total. The number of hydrogen-bond acceptors (Lipinski definition) is 4. The maximum Gasteiger partial charge on any atom is 0.238 e. The van der Waals surface area contributed by atoms with Crippen LogP contribution in [0.4, 0.5) is 11.4 Å². The molecule has 5 aromatic rings. The number of fused-ring (bicyclic) bond motifs is 7. The number of nitrogens with zero attached hydrogens (tertiary/aromatic N) is 1. The lowest BCUT2D eigenvalue weighted by Crippen LogP contribution is -2.21. The van der Waals surface area contributed by atoms with Gasteiger partial charge in [-0.2, -0.15) is 0 Å². The number of aromatic nitrogens is 2. The summed E-state index contributed by atoms with van der Waals surface area (Å²) >= 11 is 3.60. The van der Waals surface area contributed by atoms with Gasteiger partial charge in [0.15, 0.2) is 0 Å². The molecule has 1 aliphatic heterocycles. The molecule has 0 fully saturated rings. The molecule has 0 aliphatic carbocycles. The monoisotopic (exact) mass is 485 g/mol. The first-order chi connectivity index (χ1) is 15.6. The topological polar surface area (TPSA) is 95.8 Å². The zero-order chi connectivity index (χ0) is 21.8. The molecule has 0 bridgehead atoms. The van der Waals surface area contributed by atoms with E-state index in [1.54, 1.807) is 0 Å². The van der Waals surface area contributed by atoms with E-state index in [0.29, 0.717) is 5.69 Å². The standard InChI is InChI=1S/C25H20BrN5O/c26-13-5-8-21-18(9-13)20(12-28-21)25-30-23-17-4-2-1-3-15(17)16-7-6-14(29-22(32)11-27)10-19(16)24(23)31-25/h1-10,20,28H,11-12,27H2,(H,29,32)(H,30,31). The number of halogens is 1. The number of nitrogens with two attached hydrogens (primary N) is 1. The number of nitrogens with one attached hydrogen (secondary N) is 3. The van der Waals surface area contributed by atoms with E-state index in [0.717, 1.165) is 55.1 Å². The SMILES string of the molecule is NCC(=O)Nc1ccc2c3ccccc3c3[nH]c(C4CNc5ccc(Br)cc54)nc3c2c1. The van der Waals surface area contributed by atoms with E-state index in [2.05, 4.69) is 55.8 Å². The van der Waals surface area contributed by atoms with E-state index in [1.807, 2.05) is 36.4 Å². The highest BCUT2D eigenvalue weighted by Gasteiger charge is 2.27. The van der Waals surface area contributed by atoms with Crippen molar-refractivity contribution >= 4 is 65.8 Å². The lowest BCUT2D eigenvalue weighted by atomic mass is 9.99. The molecule has 1 aromatic heterocycles. The number of imidazole rings is 1. The van der Waals surface area contributed by atoms with Crippen LogP contribution in [0, 0.1) is 0 Å². The summed E-state index contributed by atoms with van der Waals surface area (Å²) in [7, 11) is 0. The molecule has 1 unspecified atom stereocenters. The lowest BCUT2D eigenvalue weighted by Gasteiger charge is -2.09. The van der Waals surface area contributed by atoms with Crippen molar-refractivity contribution in [1.29, 1.82) is 0 Å². The van der Waals surface area contributed by atoms with Gasteiger partial charge in [0.1, 0.15) is 5.82 Å². The minimum Gasteiger partial charge on any atom is -0.384 e. The molecule has 7 heteroatoms. The minimum absolute atomic E-state index is 0.0542. The Balaban J connectivity index is 1.60. The Bertz CT molecular complexity index is 1540. The predicted molar refractivity (Wildman–Crippen MR) is 133 cm³/mol. The Morgan fingerprint density at radius 2 is 1.88 bits per heavy atom. The van der Waals surface area contributed by atoms with Gasteiger partial charge in [0, 0.05) is 33.2 Å². The molecule has 2 heterocycles. The number of carbonyl (C=O) groups is 1. The molecular weight excluding hydrogens is 466 g/mol. The number of anilines is 2. The number of benzene rings is 4. The van der Waals surface area contributed by atoms with E-state index in [1.165, 1.54) is 5.56 Å². The predicted octanol–water partition coefficient (Wildman–Crippen LogP) is 5.09. The molecule has 1 aliphatic rings. The lowest BCUT2D eigenvalue weighted by molar-refractivity contribution is -0.114. The van der Waals surface area contributed by atoms with Gasteiger partial charge in [-0.25, -0.2) is 4.98 Å². The number of H-pyrrole nitrogens is 1. The van der Waals surface area contributed by atoms with Gasteiger partial charge in [-0.05, 0) is 46.7 Å². The third-order valence-corrected chi connectivity index (χ3v) is 6.66. The first-order valence-corrected chi connectivity index (χ1v) is 11.3. The minimum atomic E-state index is -0.219. The molecule has 32 heavy (non-hydrogen) atoms. The van der Waals surface area contributed by atoms with E-state index in [-0.39, 0.29) is 18.4 Å². The summed E-state index contributed by atoms with van der Waals surface area (Å²) in [6, 6.07) is 20.6. The van der Waals surface area contributed by atoms with Crippen LogP contribution in [0.25, 0.3) is 32.6 Å². The van der Waals surface area contributed by atoms with Gasteiger partial charge >= 0.3 is 0 Å². The van der Waals surface area contributed by atoms with Crippen LogP contribution < -0.4 is 16.4 Å². The second-order valence-electron chi connectivity index (χ2n) is 8.07. The molecule has 158 valence electrons. The molecule has 0 radical (unpaired) electrons. The highest BCUT2D eigenvalue weighted by atomic mass is 79.9. The Morgan fingerprint density at radius 1 is 1.06 bits per heavy atom. The summed E-state index contributed by atoms with van der Waals surface area (Å²) in [5.74, 6) is 0.838. The van der Waals surface area contributed by atoms with Crippen LogP contribution in [0.1, 0.15) is 17.3 Å². The second-order valence-corrected chi connectivity index (χ2v) is 8.98. The Hall–Kier alpha value is -3.42. The van der Waals surface area contributed by atoms with Crippen molar-refractivity contribution in [3.05, 3.63) is 76.5 Å². The maximum absolute atomic E-state index is 11.8. The third-order valence-electron chi connectivity index (χ3n) is 6.17. The number of hydrogen-bond donors (Lipinski definition) is 4. The Morgan fingerprint density at radius 3 is 2.72 bits per heavy atom. The summed E-state index contributed by atoms with van der Waals surface area (Å²) in [6.07, 6.45) is 0. The average Bonchev–Trinajstić information content (AvgIpc) is 3.43. The van der Waals surface area contributed by atoms with Crippen LogP contribution >= 0.6 is 15.9 Å². The summed E-state index contributed by atoms with van der Waals surface area (Å²) < 4.78 is 1.05. The second kappa shape index (κ2) is 7.32. The van der Waals surface area contributed by atoms with Crippen molar-refractivity contribution in [2.75, 3.05) is 23.7 Å². The van der Waals surface area contributed by atoms with Crippen molar-refractivity contribution in [2.24, 2.45) is 5.73 Å². The molecule has 0 saturated heterocycles.